The molecule has 0 aliphatic heterocycles. The SMILES string of the molecule is CCCCCCCCCC[n+]1c2c(n(C(C)CC)c1C)C(=O)c1ccccc1C2=O. The molecule has 1 aromatic heterocycles. The molecule has 1 aliphatic carbocycles. The van der Waals surface area contributed by atoms with E-state index in [1.165, 1.54) is 44.9 Å². The minimum Gasteiger partial charge on any atom is -0.284 e. The van der Waals surface area contributed by atoms with Gasteiger partial charge in [-0.05, 0) is 26.2 Å². The van der Waals surface area contributed by atoms with Gasteiger partial charge < -0.3 is 0 Å². The van der Waals surface area contributed by atoms with Gasteiger partial charge in [-0.1, -0.05) is 76.6 Å². The van der Waals surface area contributed by atoms with Crippen LogP contribution in [0.15, 0.2) is 24.3 Å². The van der Waals surface area contributed by atoms with Gasteiger partial charge in [-0.15, -0.1) is 0 Å². The molecule has 0 fully saturated rings. The Labute approximate surface area is 181 Å². The Balaban J connectivity index is 1.84. The molecule has 3 rings (SSSR count). The van der Waals surface area contributed by atoms with Gasteiger partial charge in [-0.25, -0.2) is 9.13 Å². The molecule has 0 radical (unpaired) electrons. The second-order valence-electron chi connectivity index (χ2n) is 8.70. The highest BCUT2D eigenvalue weighted by atomic mass is 16.1. The normalized spacial score (nSPS) is 14.0. The van der Waals surface area contributed by atoms with Crippen LogP contribution in [0, 0.1) is 6.92 Å². The first kappa shape index (κ1) is 22.5. The van der Waals surface area contributed by atoms with E-state index in [0.717, 1.165) is 25.2 Å². The lowest BCUT2D eigenvalue weighted by atomic mass is 9.89. The second-order valence-corrected chi connectivity index (χ2v) is 8.70. The molecule has 0 N–H and O–H groups in total. The van der Waals surface area contributed by atoms with E-state index in [1.807, 2.05) is 12.1 Å². The molecule has 0 spiro atoms. The van der Waals surface area contributed by atoms with Gasteiger partial charge in [-0.3, -0.25) is 9.59 Å². The summed E-state index contributed by atoms with van der Waals surface area (Å²) < 4.78 is 4.23. The molecular formula is C26H37N2O2+. The Bertz CT molecular complexity index is 910. The summed E-state index contributed by atoms with van der Waals surface area (Å²) in [6, 6.07) is 7.43. The number of hydrogen-bond donors (Lipinski definition) is 0. The van der Waals surface area contributed by atoms with Gasteiger partial charge in [0.1, 0.15) is 0 Å². The Morgan fingerprint density at radius 3 is 2.03 bits per heavy atom. The summed E-state index contributed by atoms with van der Waals surface area (Å²) in [5.41, 5.74) is 2.27. The van der Waals surface area contributed by atoms with Gasteiger partial charge in [0.05, 0.1) is 12.6 Å². The first-order valence-corrected chi connectivity index (χ1v) is 11.9. The zero-order chi connectivity index (χ0) is 21.7. The maximum absolute atomic E-state index is 13.4. The van der Waals surface area contributed by atoms with Crippen molar-refractivity contribution in [2.45, 2.75) is 98.1 Å². The van der Waals surface area contributed by atoms with Gasteiger partial charge >= 0.3 is 0 Å². The number of unbranched alkanes of at least 4 members (excludes halogenated alkanes) is 7. The second kappa shape index (κ2) is 10.2. The molecule has 2 aromatic rings. The maximum atomic E-state index is 13.4. The van der Waals surface area contributed by atoms with E-state index in [1.54, 1.807) is 12.1 Å². The number of benzene rings is 1. The third-order valence-corrected chi connectivity index (χ3v) is 6.59. The highest BCUT2D eigenvalue weighted by molar-refractivity contribution is 6.26. The number of imidazole rings is 1. The zero-order valence-electron chi connectivity index (χ0n) is 19.2. The fraction of sp³-hybridized carbons (Fsp3) is 0.577. The molecular weight excluding hydrogens is 372 g/mol. The summed E-state index contributed by atoms with van der Waals surface area (Å²) >= 11 is 0. The molecule has 4 nitrogen and oxygen atoms in total. The highest BCUT2D eigenvalue weighted by Crippen LogP contribution is 2.30. The number of fused-ring (bicyclic) bond motifs is 2. The van der Waals surface area contributed by atoms with Crippen LogP contribution in [0.2, 0.25) is 0 Å². The van der Waals surface area contributed by atoms with Crippen LogP contribution in [-0.4, -0.2) is 16.1 Å². The number of ketones is 2. The summed E-state index contributed by atoms with van der Waals surface area (Å²) in [7, 11) is 0. The summed E-state index contributed by atoms with van der Waals surface area (Å²) in [6.07, 6.45) is 10.9. The largest absolute Gasteiger partial charge is 0.284 e. The molecule has 1 atom stereocenters. The predicted octanol–water partition coefficient (Wildman–Crippen LogP) is 5.97. The quantitative estimate of drug-likeness (QED) is 0.289. The predicted molar refractivity (Wildman–Crippen MR) is 120 cm³/mol. The molecule has 1 unspecified atom stereocenters. The van der Waals surface area contributed by atoms with Gasteiger partial charge in [0, 0.05) is 18.1 Å². The minimum absolute atomic E-state index is 0.00933. The van der Waals surface area contributed by atoms with E-state index in [9.17, 15) is 9.59 Å². The first-order valence-electron chi connectivity index (χ1n) is 11.9. The molecule has 1 aliphatic rings. The molecule has 162 valence electrons. The molecule has 1 heterocycles. The van der Waals surface area contributed by atoms with Gasteiger partial charge in [0.25, 0.3) is 5.82 Å². The molecule has 30 heavy (non-hydrogen) atoms. The lowest BCUT2D eigenvalue weighted by Crippen LogP contribution is -2.43. The van der Waals surface area contributed by atoms with E-state index >= 15 is 0 Å². The maximum Gasteiger partial charge on any atom is 0.254 e. The van der Waals surface area contributed by atoms with Crippen LogP contribution in [0.5, 0.6) is 0 Å². The molecule has 0 bridgehead atoms. The van der Waals surface area contributed by atoms with Crippen LogP contribution in [0.25, 0.3) is 0 Å². The summed E-state index contributed by atoms with van der Waals surface area (Å²) in [4.78, 5) is 26.8. The van der Waals surface area contributed by atoms with Crippen molar-refractivity contribution >= 4 is 11.6 Å². The van der Waals surface area contributed by atoms with Gasteiger partial charge in [0.2, 0.25) is 23.0 Å². The summed E-state index contributed by atoms with van der Waals surface area (Å²) in [5, 5.41) is 0. The number of aromatic nitrogens is 2. The monoisotopic (exact) mass is 409 g/mol. The standard InChI is InChI=1S/C26H37N2O2/c1-5-7-8-9-10-11-12-15-18-27-20(4)28(19(3)6-2)24-23(27)25(29)21-16-13-14-17-22(21)26(24)30/h13-14,16-17,19H,5-12,15,18H2,1-4H3/q+1. The lowest BCUT2D eigenvalue weighted by Gasteiger charge is -2.14. The Morgan fingerprint density at radius 2 is 1.43 bits per heavy atom. The van der Waals surface area contributed by atoms with E-state index in [-0.39, 0.29) is 17.6 Å². The summed E-state index contributed by atoms with van der Waals surface area (Å²) in [6.45, 7) is 9.36. The Hall–Kier alpha value is -2.23. The van der Waals surface area contributed by atoms with Crippen LogP contribution in [0.1, 0.15) is 123 Å². The number of hydrogen-bond acceptors (Lipinski definition) is 2. The highest BCUT2D eigenvalue weighted by Gasteiger charge is 2.43. The third kappa shape index (κ3) is 4.28. The average molecular weight is 410 g/mol. The van der Waals surface area contributed by atoms with Crippen LogP contribution < -0.4 is 4.57 Å². The Kier molecular flexibility index (Phi) is 7.63. The fourth-order valence-corrected chi connectivity index (χ4v) is 4.68. The van der Waals surface area contributed by atoms with Crippen LogP contribution in [0.3, 0.4) is 0 Å². The van der Waals surface area contributed by atoms with Crippen molar-refractivity contribution in [3.8, 4) is 0 Å². The van der Waals surface area contributed by atoms with E-state index in [4.69, 9.17) is 0 Å². The van der Waals surface area contributed by atoms with Crippen molar-refractivity contribution < 1.29 is 14.2 Å². The van der Waals surface area contributed by atoms with Gasteiger partial charge in [-0.2, -0.15) is 0 Å². The molecule has 4 heteroatoms. The van der Waals surface area contributed by atoms with Crippen molar-refractivity contribution in [2.24, 2.45) is 0 Å². The number of rotatable bonds is 11. The third-order valence-electron chi connectivity index (χ3n) is 6.59. The van der Waals surface area contributed by atoms with Crippen molar-refractivity contribution in [2.75, 3.05) is 0 Å². The Morgan fingerprint density at radius 1 is 0.867 bits per heavy atom. The average Bonchev–Trinajstić information content (AvgIpc) is 3.06. The van der Waals surface area contributed by atoms with E-state index < -0.39 is 0 Å². The zero-order valence-corrected chi connectivity index (χ0v) is 19.2. The van der Waals surface area contributed by atoms with Gasteiger partial charge in [0.15, 0.2) is 0 Å². The van der Waals surface area contributed by atoms with Crippen molar-refractivity contribution in [3.63, 3.8) is 0 Å². The lowest BCUT2D eigenvalue weighted by molar-refractivity contribution is -0.704. The van der Waals surface area contributed by atoms with Crippen LogP contribution in [-0.2, 0) is 6.54 Å². The van der Waals surface area contributed by atoms with Crippen LogP contribution in [0.4, 0.5) is 0 Å². The minimum atomic E-state index is -0.0155. The van der Waals surface area contributed by atoms with Crippen molar-refractivity contribution in [3.05, 3.63) is 52.6 Å². The number of carbonyl (C=O) groups is 2. The molecule has 1 aromatic carbocycles. The number of nitrogens with zero attached hydrogens (tertiary/aromatic N) is 2. The van der Waals surface area contributed by atoms with Crippen LogP contribution >= 0.6 is 0 Å². The topological polar surface area (TPSA) is 43.0 Å². The van der Waals surface area contributed by atoms with Crippen molar-refractivity contribution in [1.82, 2.24) is 4.57 Å². The van der Waals surface area contributed by atoms with E-state index in [0.29, 0.717) is 22.5 Å². The van der Waals surface area contributed by atoms with E-state index in [2.05, 4.69) is 36.8 Å². The molecule has 0 saturated carbocycles. The molecule has 0 amide bonds. The number of carbonyl (C=O) groups excluding carboxylic acids is 2. The van der Waals surface area contributed by atoms with Crippen molar-refractivity contribution in [1.29, 1.82) is 0 Å². The molecule has 0 saturated heterocycles. The fourth-order valence-electron chi connectivity index (χ4n) is 4.68. The summed E-state index contributed by atoms with van der Waals surface area (Å²) in [5.74, 6) is 0.995. The first-order chi connectivity index (χ1) is 14.5. The smallest absolute Gasteiger partial charge is 0.254 e.